The van der Waals surface area contributed by atoms with Crippen molar-refractivity contribution in [3.63, 3.8) is 0 Å². The Labute approximate surface area is 94.7 Å². The van der Waals surface area contributed by atoms with E-state index in [2.05, 4.69) is 4.98 Å². The van der Waals surface area contributed by atoms with E-state index in [1.165, 1.54) is 12.5 Å². The standard InChI is InChI=1S/C13H14N2O/c1-9-4-6-11(7-5-9)12-8-15(3)13(14-12)10(2)16/h4-8H,1-3H3. The van der Waals surface area contributed by atoms with Crippen molar-refractivity contribution in [3.05, 3.63) is 41.9 Å². The van der Waals surface area contributed by atoms with E-state index in [1.54, 1.807) is 4.57 Å². The van der Waals surface area contributed by atoms with Crippen molar-refractivity contribution < 1.29 is 4.79 Å². The van der Waals surface area contributed by atoms with Gasteiger partial charge in [0.1, 0.15) is 0 Å². The van der Waals surface area contributed by atoms with Crippen molar-refractivity contribution in [3.8, 4) is 11.3 Å². The minimum absolute atomic E-state index is 0.0131. The third-order valence-electron chi connectivity index (χ3n) is 2.54. The number of imidazole rings is 1. The topological polar surface area (TPSA) is 34.9 Å². The Kier molecular flexibility index (Phi) is 2.60. The molecule has 82 valence electrons. The summed E-state index contributed by atoms with van der Waals surface area (Å²) in [5, 5.41) is 0. The largest absolute Gasteiger partial charge is 0.331 e. The Morgan fingerprint density at radius 2 is 1.88 bits per heavy atom. The van der Waals surface area contributed by atoms with Gasteiger partial charge in [-0.1, -0.05) is 29.8 Å². The lowest BCUT2D eigenvalue weighted by molar-refractivity contribution is 0.100. The number of hydrogen-bond donors (Lipinski definition) is 0. The number of benzene rings is 1. The molecule has 1 aromatic heterocycles. The molecule has 0 saturated carbocycles. The minimum Gasteiger partial charge on any atom is -0.331 e. The molecule has 0 fully saturated rings. The van der Waals surface area contributed by atoms with E-state index in [0.29, 0.717) is 5.82 Å². The third-order valence-corrected chi connectivity index (χ3v) is 2.54. The van der Waals surface area contributed by atoms with Crippen LogP contribution in [0.4, 0.5) is 0 Å². The van der Waals surface area contributed by atoms with E-state index in [-0.39, 0.29) is 5.78 Å². The molecule has 0 aliphatic carbocycles. The van der Waals surface area contributed by atoms with Crippen LogP contribution in [0.15, 0.2) is 30.5 Å². The molecular weight excluding hydrogens is 200 g/mol. The van der Waals surface area contributed by atoms with Crippen molar-refractivity contribution in [2.24, 2.45) is 7.05 Å². The van der Waals surface area contributed by atoms with Gasteiger partial charge in [-0.05, 0) is 6.92 Å². The van der Waals surface area contributed by atoms with E-state index >= 15 is 0 Å². The molecule has 0 atom stereocenters. The number of nitrogens with zero attached hydrogens (tertiary/aromatic N) is 2. The average Bonchev–Trinajstić information content (AvgIpc) is 2.61. The van der Waals surface area contributed by atoms with E-state index in [1.807, 2.05) is 44.4 Å². The second-order valence-corrected chi connectivity index (χ2v) is 3.98. The van der Waals surface area contributed by atoms with Crippen LogP contribution < -0.4 is 0 Å². The highest BCUT2D eigenvalue weighted by Gasteiger charge is 2.10. The molecule has 2 rings (SSSR count). The molecule has 0 unspecified atom stereocenters. The molecule has 3 heteroatoms. The van der Waals surface area contributed by atoms with Gasteiger partial charge in [-0.3, -0.25) is 4.79 Å². The molecule has 0 spiro atoms. The van der Waals surface area contributed by atoms with Crippen LogP contribution in [-0.4, -0.2) is 15.3 Å². The fraction of sp³-hybridized carbons (Fsp3) is 0.231. The molecule has 0 bridgehead atoms. The molecule has 0 aliphatic rings. The summed E-state index contributed by atoms with van der Waals surface area (Å²) in [6.07, 6.45) is 1.88. The van der Waals surface area contributed by atoms with Gasteiger partial charge in [-0.2, -0.15) is 0 Å². The second kappa shape index (κ2) is 3.93. The van der Waals surface area contributed by atoms with Gasteiger partial charge in [-0.25, -0.2) is 4.98 Å². The molecule has 0 saturated heterocycles. The van der Waals surface area contributed by atoms with Crippen LogP contribution >= 0.6 is 0 Å². The summed E-state index contributed by atoms with van der Waals surface area (Å²) in [5.74, 6) is 0.483. The fourth-order valence-corrected chi connectivity index (χ4v) is 1.66. The van der Waals surface area contributed by atoms with Crippen molar-refractivity contribution >= 4 is 5.78 Å². The zero-order chi connectivity index (χ0) is 11.7. The Morgan fingerprint density at radius 1 is 1.25 bits per heavy atom. The quantitative estimate of drug-likeness (QED) is 0.720. The van der Waals surface area contributed by atoms with Crippen LogP contribution in [0.25, 0.3) is 11.3 Å². The number of hydrogen-bond acceptors (Lipinski definition) is 2. The van der Waals surface area contributed by atoms with Gasteiger partial charge in [0.25, 0.3) is 0 Å². The summed E-state index contributed by atoms with van der Waals surface area (Å²) in [6.45, 7) is 3.57. The van der Waals surface area contributed by atoms with Gasteiger partial charge < -0.3 is 4.57 Å². The predicted molar refractivity (Wildman–Crippen MR) is 63.4 cm³/mol. The highest BCUT2D eigenvalue weighted by Crippen LogP contribution is 2.18. The Balaban J connectivity index is 2.45. The number of carbonyl (C=O) groups excluding carboxylic acids is 1. The van der Waals surface area contributed by atoms with Crippen LogP contribution in [0.5, 0.6) is 0 Å². The van der Waals surface area contributed by atoms with Crippen LogP contribution in [-0.2, 0) is 7.05 Å². The average molecular weight is 214 g/mol. The molecule has 1 heterocycles. The van der Waals surface area contributed by atoms with E-state index in [0.717, 1.165) is 11.3 Å². The van der Waals surface area contributed by atoms with E-state index in [4.69, 9.17) is 0 Å². The number of aromatic nitrogens is 2. The van der Waals surface area contributed by atoms with Crippen molar-refractivity contribution in [2.45, 2.75) is 13.8 Å². The van der Waals surface area contributed by atoms with Crippen LogP contribution in [0.3, 0.4) is 0 Å². The lowest BCUT2D eigenvalue weighted by atomic mass is 10.1. The zero-order valence-corrected chi connectivity index (χ0v) is 9.69. The van der Waals surface area contributed by atoms with Gasteiger partial charge in [0.15, 0.2) is 11.6 Å². The van der Waals surface area contributed by atoms with Crippen molar-refractivity contribution in [1.82, 2.24) is 9.55 Å². The van der Waals surface area contributed by atoms with E-state index in [9.17, 15) is 4.79 Å². The summed E-state index contributed by atoms with van der Waals surface area (Å²) in [5.41, 5.74) is 3.09. The van der Waals surface area contributed by atoms with Crippen LogP contribution in [0.2, 0.25) is 0 Å². The monoisotopic (exact) mass is 214 g/mol. The third kappa shape index (κ3) is 1.89. The van der Waals surface area contributed by atoms with Gasteiger partial charge in [0.05, 0.1) is 5.69 Å². The molecule has 0 amide bonds. The number of carbonyl (C=O) groups is 1. The first-order chi connectivity index (χ1) is 7.58. The lowest BCUT2D eigenvalue weighted by Crippen LogP contribution is -2.01. The maximum Gasteiger partial charge on any atom is 0.195 e. The zero-order valence-electron chi connectivity index (χ0n) is 9.69. The predicted octanol–water partition coefficient (Wildman–Crippen LogP) is 2.60. The lowest BCUT2D eigenvalue weighted by Gasteiger charge is -1.96. The highest BCUT2D eigenvalue weighted by atomic mass is 16.1. The number of aryl methyl sites for hydroxylation is 2. The normalized spacial score (nSPS) is 10.4. The summed E-state index contributed by atoms with van der Waals surface area (Å²) < 4.78 is 1.76. The maximum absolute atomic E-state index is 11.3. The molecular formula is C13H14N2O. The molecule has 3 nitrogen and oxygen atoms in total. The molecule has 16 heavy (non-hydrogen) atoms. The number of Topliss-reactive ketones (excluding diaryl/α,β-unsaturated/α-hetero) is 1. The van der Waals surface area contributed by atoms with Gasteiger partial charge >= 0.3 is 0 Å². The van der Waals surface area contributed by atoms with E-state index < -0.39 is 0 Å². The summed E-state index contributed by atoms with van der Waals surface area (Å²) in [4.78, 5) is 15.6. The smallest absolute Gasteiger partial charge is 0.195 e. The number of ketones is 1. The fourth-order valence-electron chi connectivity index (χ4n) is 1.66. The number of rotatable bonds is 2. The molecule has 2 aromatic rings. The Morgan fingerprint density at radius 3 is 2.38 bits per heavy atom. The first-order valence-corrected chi connectivity index (χ1v) is 5.19. The molecule has 0 N–H and O–H groups in total. The van der Waals surface area contributed by atoms with Crippen molar-refractivity contribution in [2.75, 3.05) is 0 Å². The summed E-state index contributed by atoms with van der Waals surface area (Å²) >= 11 is 0. The Hall–Kier alpha value is -1.90. The highest BCUT2D eigenvalue weighted by molar-refractivity contribution is 5.91. The maximum atomic E-state index is 11.3. The molecule has 0 aliphatic heterocycles. The SMILES string of the molecule is CC(=O)c1nc(-c2ccc(C)cc2)cn1C. The van der Waals surface area contributed by atoms with Gasteiger partial charge in [0.2, 0.25) is 0 Å². The van der Waals surface area contributed by atoms with Gasteiger partial charge in [-0.15, -0.1) is 0 Å². The summed E-state index contributed by atoms with van der Waals surface area (Å²) in [6, 6.07) is 8.11. The first kappa shape index (κ1) is 10.6. The van der Waals surface area contributed by atoms with Crippen LogP contribution in [0, 0.1) is 6.92 Å². The van der Waals surface area contributed by atoms with Crippen molar-refractivity contribution in [1.29, 1.82) is 0 Å². The van der Waals surface area contributed by atoms with Gasteiger partial charge in [0, 0.05) is 25.7 Å². The summed E-state index contributed by atoms with van der Waals surface area (Å²) in [7, 11) is 1.83. The first-order valence-electron chi connectivity index (χ1n) is 5.19. The van der Waals surface area contributed by atoms with Crippen LogP contribution in [0.1, 0.15) is 23.1 Å². The minimum atomic E-state index is -0.0131. The molecule has 0 radical (unpaired) electrons. The Bertz CT molecular complexity index is 523. The second-order valence-electron chi connectivity index (χ2n) is 3.98. The molecule has 1 aromatic carbocycles.